The molecule has 9 nitrogen and oxygen atoms in total. The van der Waals surface area contributed by atoms with Gasteiger partial charge in [-0.25, -0.2) is 4.98 Å². The average Bonchev–Trinajstić information content (AvgIpc) is 3.46. The van der Waals surface area contributed by atoms with Gasteiger partial charge in [-0.15, -0.1) is 0 Å². The summed E-state index contributed by atoms with van der Waals surface area (Å²) in [7, 11) is 0. The van der Waals surface area contributed by atoms with E-state index in [-0.39, 0.29) is 11.8 Å². The Labute approximate surface area is 211 Å². The third-order valence-corrected chi connectivity index (χ3v) is 6.09. The molecular formula is C25H29F3N6O3. The van der Waals surface area contributed by atoms with Crippen LogP contribution in [0, 0.1) is 5.92 Å². The zero-order valence-electron chi connectivity index (χ0n) is 20.6. The molecule has 0 spiro atoms. The summed E-state index contributed by atoms with van der Waals surface area (Å²) < 4.78 is 43.5. The number of hydrogen-bond acceptors (Lipinski definition) is 6. The molecule has 3 aromatic rings. The van der Waals surface area contributed by atoms with Crippen molar-refractivity contribution >= 4 is 28.5 Å². The predicted octanol–water partition coefficient (Wildman–Crippen LogP) is 3.74. The maximum Gasteiger partial charge on any atom is 0.405 e. The molecule has 1 saturated heterocycles. The standard InChI is InChI=1S/C25H29F3N6O3/c1-15(2)22(24(36)32-14-25(26,27)28)33-17-8-16(10-29-11-17)20-13-31-23-19(20)9-18(12-30-23)37-7-6-34-5-3-4-21(34)35/h8-13,15,22,33H,3-7,14H2,1-2H3,(H,30,31)(H,32,36). The molecule has 1 aliphatic heterocycles. The van der Waals surface area contributed by atoms with Crippen LogP contribution in [0.2, 0.25) is 0 Å². The molecule has 0 bridgehead atoms. The molecular weight excluding hydrogens is 489 g/mol. The van der Waals surface area contributed by atoms with Gasteiger partial charge in [-0.05, 0) is 24.5 Å². The number of hydrogen-bond donors (Lipinski definition) is 3. The van der Waals surface area contributed by atoms with E-state index >= 15 is 0 Å². The number of fused-ring (bicyclic) bond motifs is 1. The zero-order valence-corrected chi connectivity index (χ0v) is 20.6. The average molecular weight is 519 g/mol. The summed E-state index contributed by atoms with van der Waals surface area (Å²) in [6, 6.07) is 2.74. The van der Waals surface area contributed by atoms with Crippen LogP contribution in [0.15, 0.2) is 36.9 Å². The molecule has 1 unspecified atom stereocenters. The van der Waals surface area contributed by atoms with Crippen LogP contribution < -0.4 is 15.4 Å². The minimum Gasteiger partial charge on any atom is -0.490 e. The Hall–Kier alpha value is -3.83. The summed E-state index contributed by atoms with van der Waals surface area (Å²) in [6.07, 6.45) is 3.51. The number of carbonyl (C=O) groups excluding carboxylic acids is 2. The molecule has 0 radical (unpaired) electrons. The van der Waals surface area contributed by atoms with Gasteiger partial charge >= 0.3 is 6.18 Å². The highest BCUT2D eigenvalue weighted by atomic mass is 19.4. The minimum absolute atomic E-state index is 0.142. The molecule has 4 heterocycles. The van der Waals surface area contributed by atoms with Crippen LogP contribution in [-0.2, 0) is 9.59 Å². The highest BCUT2D eigenvalue weighted by Gasteiger charge is 2.30. The quantitative estimate of drug-likeness (QED) is 0.377. The number of nitrogens with zero attached hydrogens (tertiary/aromatic N) is 3. The summed E-state index contributed by atoms with van der Waals surface area (Å²) in [5, 5.41) is 5.74. The van der Waals surface area contributed by atoms with Crippen molar-refractivity contribution < 1.29 is 27.5 Å². The Morgan fingerprint density at radius 3 is 2.76 bits per heavy atom. The number of nitrogens with one attached hydrogen (secondary N) is 3. The van der Waals surface area contributed by atoms with E-state index in [0.717, 1.165) is 29.5 Å². The number of amides is 2. The van der Waals surface area contributed by atoms with Crippen molar-refractivity contribution in [1.29, 1.82) is 0 Å². The van der Waals surface area contributed by atoms with E-state index in [2.05, 4.69) is 20.3 Å². The van der Waals surface area contributed by atoms with Gasteiger partial charge in [0.2, 0.25) is 11.8 Å². The molecule has 3 N–H and O–H groups in total. The normalized spacial score (nSPS) is 14.9. The summed E-state index contributed by atoms with van der Waals surface area (Å²) in [4.78, 5) is 37.7. The number of ether oxygens (including phenoxy) is 1. The van der Waals surface area contributed by atoms with Gasteiger partial charge in [0.05, 0.1) is 18.4 Å². The topological polar surface area (TPSA) is 112 Å². The highest BCUT2D eigenvalue weighted by molar-refractivity contribution is 5.94. The molecule has 1 atom stereocenters. The Balaban J connectivity index is 1.48. The smallest absolute Gasteiger partial charge is 0.405 e. The summed E-state index contributed by atoms with van der Waals surface area (Å²) >= 11 is 0. The number of alkyl halides is 3. The molecule has 198 valence electrons. The second-order valence-electron chi connectivity index (χ2n) is 9.26. The van der Waals surface area contributed by atoms with Crippen LogP contribution in [0.3, 0.4) is 0 Å². The molecule has 3 aromatic heterocycles. The number of pyridine rings is 2. The lowest BCUT2D eigenvalue weighted by molar-refractivity contribution is -0.139. The third-order valence-electron chi connectivity index (χ3n) is 6.09. The fourth-order valence-corrected chi connectivity index (χ4v) is 4.19. The van der Waals surface area contributed by atoms with E-state index in [1.165, 1.54) is 6.20 Å². The molecule has 0 aromatic carbocycles. The number of likely N-dealkylation sites (tertiary alicyclic amines) is 1. The number of anilines is 1. The SMILES string of the molecule is CC(C)C(Nc1cncc(-c2c[nH]c3ncc(OCCN4CCCC4=O)cc23)c1)C(=O)NCC(F)(F)F. The van der Waals surface area contributed by atoms with E-state index < -0.39 is 24.7 Å². The number of rotatable bonds is 10. The molecule has 37 heavy (non-hydrogen) atoms. The van der Waals surface area contributed by atoms with Gasteiger partial charge < -0.3 is 25.3 Å². The molecule has 2 amide bonds. The number of halogens is 3. The van der Waals surface area contributed by atoms with Crippen LogP contribution >= 0.6 is 0 Å². The second kappa shape index (κ2) is 11.1. The summed E-state index contributed by atoms with van der Waals surface area (Å²) in [6.45, 7) is 3.72. The highest BCUT2D eigenvalue weighted by Crippen LogP contribution is 2.31. The largest absolute Gasteiger partial charge is 0.490 e. The number of aromatic nitrogens is 3. The minimum atomic E-state index is -4.49. The van der Waals surface area contributed by atoms with Crippen LogP contribution in [0.1, 0.15) is 26.7 Å². The first kappa shape index (κ1) is 26.2. The van der Waals surface area contributed by atoms with Crippen molar-refractivity contribution in [3.8, 4) is 16.9 Å². The first-order valence-corrected chi connectivity index (χ1v) is 12.0. The van der Waals surface area contributed by atoms with Crippen molar-refractivity contribution in [2.24, 2.45) is 5.92 Å². The van der Waals surface area contributed by atoms with Gasteiger partial charge in [-0.1, -0.05) is 13.8 Å². The lowest BCUT2D eigenvalue weighted by atomic mass is 10.0. The molecule has 0 saturated carbocycles. The van der Waals surface area contributed by atoms with Gasteiger partial charge in [0.1, 0.15) is 30.6 Å². The van der Waals surface area contributed by atoms with Crippen LogP contribution in [0.4, 0.5) is 18.9 Å². The molecule has 1 fully saturated rings. The number of aromatic amines is 1. The fraction of sp³-hybridized carbons (Fsp3) is 0.440. The summed E-state index contributed by atoms with van der Waals surface area (Å²) in [5.41, 5.74) is 2.64. The lowest BCUT2D eigenvalue weighted by Gasteiger charge is -2.23. The van der Waals surface area contributed by atoms with Crippen molar-refractivity contribution in [2.45, 2.75) is 38.9 Å². The van der Waals surface area contributed by atoms with Crippen LogP contribution in [0.5, 0.6) is 5.75 Å². The van der Waals surface area contributed by atoms with Crippen molar-refractivity contribution in [2.75, 3.05) is 31.6 Å². The molecule has 0 aliphatic carbocycles. The van der Waals surface area contributed by atoms with E-state index in [1.807, 2.05) is 11.4 Å². The third kappa shape index (κ3) is 6.69. The van der Waals surface area contributed by atoms with Crippen LogP contribution in [0.25, 0.3) is 22.2 Å². The second-order valence-corrected chi connectivity index (χ2v) is 9.26. The molecule has 4 rings (SSSR count). The van der Waals surface area contributed by atoms with Crippen molar-refractivity contribution in [1.82, 2.24) is 25.2 Å². The van der Waals surface area contributed by atoms with Gasteiger partial charge in [-0.2, -0.15) is 13.2 Å². The molecule has 1 aliphatic rings. The number of H-pyrrole nitrogens is 1. The molecule has 12 heteroatoms. The van der Waals surface area contributed by atoms with E-state index in [1.54, 1.807) is 43.4 Å². The Morgan fingerprint density at radius 2 is 2.05 bits per heavy atom. The van der Waals surface area contributed by atoms with Crippen molar-refractivity contribution in [3.05, 3.63) is 36.9 Å². The van der Waals surface area contributed by atoms with Gasteiger partial charge in [0.25, 0.3) is 0 Å². The lowest BCUT2D eigenvalue weighted by Crippen LogP contribution is -2.46. The monoisotopic (exact) mass is 518 g/mol. The van der Waals surface area contributed by atoms with Gasteiger partial charge in [0, 0.05) is 48.1 Å². The van der Waals surface area contributed by atoms with Gasteiger partial charge in [0.15, 0.2) is 0 Å². The fourth-order valence-electron chi connectivity index (χ4n) is 4.19. The predicted molar refractivity (Wildman–Crippen MR) is 132 cm³/mol. The summed E-state index contributed by atoms with van der Waals surface area (Å²) in [5.74, 6) is -0.316. The van der Waals surface area contributed by atoms with Crippen LogP contribution in [-0.4, -0.2) is 70.1 Å². The van der Waals surface area contributed by atoms with E-state index in [4.69, 9.17) is 4.74 Å². The first-order chi connectivity index (χ1) is 17.6. The van der Waals surface area contributed by atoms with E-state index in [0.29, 0.717) is 36.7 Å². The maximum atomic E-state index is 12.6. The Bertz CT molecular complexity index is 1260. The van der Waals surface area contributed by atoms with Crippen molar-refractivity contribution in [3.63, 3.8) is 0 Å². The first-order valence-electron chi connectivity index (χ1n) is 12.0. The maximum absolute atomic E-state index is 12.6. The number of carbonyl (C=O) groups is 2. The van der Waals surface area contributed by atoms with Gasteiger partial charge in [-0.3, -0.25) is 14.6 Å². The zero-order chi connectivity index (χ0) is 26.6. The van der Waals surface area contributed by atoms with E-state index in [9.17, 15) is 22.8 Å². The Kier molecular flexibility index (Phi) is 7.84. The Morgan fingerprint density at radius 1 is 1.24 bits per heavy atom.